The van der Waals surface area contributed by atoms with Crippen LogP contribution in [0.25, 0.3) is 61.7 Å². The third kappa shape index (κ3) is 7.97. The molecule has 3 aliphatic rings. The van der Waals surface area contributed by atoms with E-state index < -0.39 is 5.41 Å². The summed E-state index contributed by atoms with van der Waals surface area (Å²) in [5.41, 5.74) is 18.8. The molecule has 1 heterocycles. The SMILES string of the molecule is CC1(C)c2ccccc2-c2c(-c3ccc4c(c3)C(c3ccccc3)(c3ccccc3)c3cc(-c5nc(C6=CC=CC(c7ccccc7)C6)nc(-c6ccccc6)n5)ccc3-4)cccc21.CCC.CS. The van der Waals surface area contributed by atoms with Crippen molar-refractivity contribution in [1.82, 2.24) is 15.0 Å². The minimum atomic E-state index is -0.633. The summed E-state index contributed by atoms with van der Waals surface area (Å²) < 4.78 is 0. The van der Waals surface area contributed by atoms with Gasteiger partial charge in [0.2, 0.25) is 0 Å². The second kappa shape index (κ2) is 19.3. The summed E-state index contributed by atoms with van der Waals surface area (Å²) in [5.74, 6) is 2.27. The molecular weight excluding hydrogens is 855 g/mol. The van der Waals surface area contributed by atoms with E-state index in [-0.39, 0.29) is 11.3 Å². The maximum Gasteiger partial charge on any atom is 0.164 e. The normalized spacial score (nSPS) is 15.2. The third-order valence-corrected chi connectivity index (χ3v) is 14.0. The second-order valence-corrected chi connectivity index (χ2v) is 18.6. The van der Waals surface area contributed by atoms with Gasteiger partial charge in [-0.15, -0.1) is 0 Å². The molecule has 1 atom stereocenters. The highest BCUT2D eigenvalue weighted by Gasteiger charge is 2.47. The number of aromatic nitrogens is 3. The molecule has 3 nitrogen and oxygen atoms in total. The van der Waals surface area contributed by atoms with Crippen LogP contribution in [0.15, 0.2) is 218 Å². The second-order valence-electron chi connectivity index (χ2n) is 18.6. The summed E-state index contributed by atoms with van der Waals surface area (Å²) in [4.78, 5) is 15.8. The number of thiol groups is 1. The van der Waals surface area contributed by atoms with Crippen molar-refractivity contribution >= 4 is 18.2 Å². The summed E-state index contributed by atoms with van der Waals surface area (Å²) in [5, 5.41) is 0. The molecule has 0 radical (unpaired) electrons. The predicted octanol–water partition coefficient (Wildman–Crippen LogP) is 16.6. The van der Waals surface area contributed by atoms with E-state index in [4.69, 9.17) is 15.0 Å². The number of fused-ring (bicyclic) bond motifs is 6. The molecule has 0 saturated carbocycles. The van der Waals surface area contributed by atoms with Crippen molar-refractivity contribution in [3.8, 4) is 56.2 Å². The maximum atomic E-state index is 5.34. The number of hydrogen-bond acceptors (Lipinski definition) is 4. The van der Waals surface area contributed by atoms with Crippen LogP contribution in [0, 0.1) is 0 Å². The summed E-state index contributed by atoms with van der Waals surface area (Å²) >= 11 is 3.53. The first-order valence-corrected chi connectivity index (χ1v) is 25.1. The van der Waals surface area contributed by atoms with Gasteiger partial charge < -0.3 is 0 Å². The molecule has 0 aliphatic heterocycles. The molecule has 69 heavy (non-hydrogen) atoms. The molecule has 1 aromatic heterocycles. The standard InChI is InChI=1S/C61H45N3.C3H8.CH4S/c1-60(2)52-31-16-15-29-51(52)56-48(30-18-32-53(56)60)43-33-35-49-50-36-34-45(39-55(50)61(54(49)38-43,46-25-11-5-12-26-46)47-27-13-6-14-28-47)59-63-57(41-21-9-4-10-22-41)62-58(64-59)44-24-17-23-42(37-44)40-19-7-3-8-20-40;1-3-2;1-2/h3-36,38-39,42H,37H2,1-2H3;3H2,1-2H3;2H,1H3. The van der Waals surface area contributed by atoms with Gasteiger partial charge in [0, 0.05) is 22.5 Å². The van der Waals surface area contributed by atoms with Crippen molar-refractivity contribution in [1.29, 1.82) is 0 Å². The van der Waals surface area contributed by atoms with Crippen LogP contribution in [0.5, 0.6) is 0 Å². The number of allylic oxidation sites excluding steroid dienone is 4. The van der Waals surface area contributed by atoms with Crippen LogP contribution >= 0.6 is 12.6 Å². The Morgan fingerprint density at radius 2 is 0.957 bits per heavy atom. The van der Waals surface area contributed by atoms with E-state index in [1.165, 1.54) is 78.7 Å². The zero-order valence-corrected chi connectivity index (χ0v) is 41.0. The molecule has 0 fully saturated rings. The van der Waals surface area contributed by atoms with Crippen LogP contribution in [0.1, 0.15) is 91.2 Å². The Hall–Kier alpha value is -7.40. The summed E-state index contributed by atoms with van der Waals surface area (Å²) in [7, 11) is 0. The molecule has 0 N–H and O–H groups in total. The lowest BCUT2D eigenvalue weighted by molar-refractivity contribution is 0.660. The Morgan fingerprint density at radius 1 is 0.464 bits per heavy atom. The number of hydrogen-bond donors (Lipinski definition) is 1. The maximum absolute atomic E-state index is 5.34. The van der Waals surface area contributed by atoms with E-state index in [0.29, 0.717) is 17.5 Å². The zero-order chi connectivity index (χ0) is 47.5. The topological polar surface area (TPSA) is 38.7 Å². The lowest BCUT2D eigenvalue weighted by Gasteiger charge is -2.34. The predicted molar refractivity (Wildman–Crippen MR) is 293 cm³/mol. The fourth-order valence-electron chi connectivity index (χ4n) is 10.9. The molecule has 338 valence electrons. The van der Waals surface area contributed by atoms with Gasteiger partial charge in [-0.3, -0.25) is 0 Å². The molecule has 0 saturated heterocycles. The quantitative estimate of drug-likeness (QED) is 0.162. The molecule has 12 rings (SSSR count). The molecule has 4 heteroatoms. The highest BCUT2D eigenvalue weighted by molar-refractivity contribution is 7.79. The minimum Gasteiger partial charge on any atom is -0.209 e. The van der Waals surface area contributed by atoms with Gasteiger partial charge in [-0.05, 0) is 103 Å². The summed E-state index contributed by atoms with van der Waals surface area (Å²) in [6.07, 6.45) is 10.3. The Kier molecular flexibility index (Phi) is 12.7. The van der Waals surface area contributed by atoms with Gasteiger partial charge in [0.15, 0.2) is 17.5 Å². The van der Waals surface area contributed by atoms with Crippen molar-refractivity contribution in [3.05, 3.63) is 263 Å². The summed E-state index contributed by atoms with van der Waals surface area (Å²) in [6.45, 7) is 8.97. The van der Waals surface area contributed by atoms with E-state index in [9.17, 15) is 0 Å². The van der Waals surface area contributed by atoms with Crippen LogP contribution in [0.4, 0.5) is 0 Å². The first-order valence-electron chi connectivity index (χ1n) is 24.2. The summed E-state index contributed by atoms with van der Waals surface area (Å²) in [6, 6.07) is 73.0. The van der Waals surface area contributed by atoms with Gasteiger partial charge in [-0.2, -0.15) is 12.6 Å². The van der Waals surface area contributed by atoms with E-state index in [1.807, 2.05) is 18.2 Å². The molecule has 0 amide bonds. The van der Waals surface area contributed by atoms with Crippen molar-refractivity contribution in [2.45, 2.75) is 57.3 Å². The molecule has 0 spiro atoms. The van der Waals surface area contributed by atoms with Crippen LogP contribution in [0.2, 0.25) is 0 Å². The Bertz CT molecular complexity index is 3300. The third-order valence-electron chi connectivity index (χ3n) is 14.0. The number of rotatable bonds is 7. The van der Waals surface area contributed by atoms with Crippen molar-refractivity contribution in [2.24, 2.45) is 0 Å². The Labute approximate surface area is 413 Å². The van der Waals surface area contributed by atoms with Gasteiger partial charge in [-0.25, -0.2) is 15.0 Å². The number of benzene rings is 8. The Morgan fingerprint density at radius 3 is 1.59 bits per heavy atom. The highest BCUT2D eigenvalue weighted by Crippen LogP contribution is 2.58. The fourth-order valence-corrected chi connectivity index (χ4v) is 10.9. The first kappa shape index (κ1) is 45.4. The lowest BCUT2D eigenvalue weighted by Crippen LogP contribution is -2.28. The fraction of sp³-hybridized carbons (Fsp3) is 0.154. The monoisotopic (exact) mass is 911 g/mol. The Balaban J connectivity index is 0.00000107. The van der Waals surface area contributed by atoms with Crippen molar-refractivity contribution in [3.63, 3.8) is 0 Å². The van der Waals surface area contributed by atoms with Gasteiger partial charge in [0.1, 0.15) is 0 Å². The van der Waals surface area contributed by atoms with Crippen molar-refractivity contribution < 1.29 is 0 Å². The first-order chi connectivity index (χ1) is 33.9. The van der Waals surface area contributed by atoms with E-state index in [1.54, 1.807) is 6.26 Å². The average molecular weight is 912 g/mol. The van der Waals surface area contributed by atoms with Crippen molar-refractivity contribution in [2.75, 3.05) is 6.26 Å². The van der Waals surface area contributed by atoms with Gasteiger partial charge in [-0.1, -0.05) is 240 Å². The van der Waals surface area contributed by atoms with E-state index in [2.05, 4.69) is 241 Å². The molecule has 9 aromatic rings. The molecular formula is C65H57N3S. The zero-order valence-electron chi connectivity index (χ0n) is 40.1. The van der Waals surface area contributed by atoms with Gasteiger partial charge in [0.25, 0.3) is 0 Å². The van der Waals surface area contributed by atoms with Gasteiger partial charge >= 0.3 is 0 Å². The molecule has 8 aromatic carbocycles. The van der Waals surface area contributed by atoms with E-state index >= 15 is 0 Å². The number of nitrogens with zero attached hydrogens (tertiary/aromatic N) is 3. The average Bonchev–Trinajstić information content (AvgIpc) is 3.85. The van der Waals surface area contributed by atoms with Gasteiger partial charge in [0.05, 0.1) is 5.41 Å². The molecule has 3 aliphatic carbocycles. The van der Waals surface area contributed by atoms with E-state index in [0.717, 1.165) is 23.1 Å². The largest absolute Gasteiger partial charge is 0.209 e. The van der Waals surface area contributed by atoms with Crippen LogP contribution in [0.3, 0.4) is 0 Å². The minimum absolute atomic E-state index is 0.0910. The molecule has 0 bridgehead atoms. The molecule has 1 unspecified atom stereocenters. The van der Waals surface area contributed by atoms with Crippen LogP contribution < -0.4 is 0 Å². The highest BCUT2D eigenvalue weighted by atomic mass is 32.1. The van der Waals surface area contributed by atoms with Crippen LogP contribution in [-0.2, 0) is 10.8 Å². The lowest BCUT2D eigenvalue weighted by atomic mass is 9.67. The van der Waals surface area contributed by atoms with Crippen LogP contribution in [-0.4, -0.2) is 21.2 Å². The smallest absolute Gasteiger partial charge is 0.164 e.